The molecule has 6 heteroatoms. The van der Waals surface area contributed by atoms with Crippen molar-refractivity contribution in [2.45, 2.75) is 6.92 Å². The van der Waals surface area contributed by atoms with Gasteiger partial charge in [-0.25, -0.2) is 10.2 Å². The summed E-state index contributed by atoms with van der Waals surface area (Å²) < 4.78 is 1.94. The number of hydrazine groups is 1. The molecule has 0 aliphatic rings. The van der Waals surface area contributed by atoms with E-state index in [-0.39, 0.29) is 0 Å². The van der Waals surface area contributed by atoms with E-state index in [1.807, 2.05) is 66.3 Å². The fourth-order valence-corrected chi connectivity index (χ4v) is 2.36. The zero-order valence-electron chi connectivity index (χ0n) is 13.7. The summed E-state index contributed by atoms with van der Waals surface area (Å²) in [5.41, 5.74) is 7.81. The SMILES string of the molecule is Cc1cccc(NC(=O)NNC(=O)c2ccc(-n3cccc3)cc2)c1. The molecule has 126 valence electrons. The highest BCUT2D eigenvalue weighted by Crippen LogP contribution is 2.10. The summed E-state index contributed by atoms with van der Waals surface area (Å²) in [5.74, 6) is -0.390. The molecular weight excluding hydrogens is 316 g/mol. The number of hydrogen-bond acceptors (Lipinski definition) is 2. The first-order valence-corrected chi connectivity index (χ1v) is 7.79. The van der Waals surface area contributed by atoms with Crippen LogP contribution in [0.3, 0.4) is 0 Å². The average Bonchev–Trinajstić information content (AvgIpc) is 3.14. The highest BCUT2D eigenvalue weighted by atomic mass is 16.2. The Hall–Kier alpha value is -3.54. The second-order valence-corrected chi connectivity index (χ2v) is 5.54. The van der Waals surface area contributed by atoms with Gasteiger partial charge in [0, 0.05) is 29.3 Å². The van der Waals surface area contributed by atoms with Gasteiger partial charge < -0.3 is 9.88 Å². The maximum Gasteiger partial charge on any atom is 0.337 e. The second-order valence-electron chi connectivity index (χ2n) is 5.54. The minimum Gasteiger partial charge on any atom is -0.324 e. The van der Waals surface area contributed by atoms with Crippen molar-refractivity contribution in [2.24, 2.45) is 0 Å². The fourth-order valence-electron chi connectivity index (χ4n) is 2.36. The molecule has 0 saturated carbocycles. The lowest BCUT2D eigenvalue weighted by molar-refractivity contribution is 0.0938. The van der Waals surface area contributed by atoms with Crippen LogP contribution in [0.25, 0.3) is 5.69 Å². The Morgan fingerprint density at radius 3 is 2.28 bits per heavy atom. The molecule has 0 bridgehead atoms. The molecule has 0 fully saturated rings. The molecule has 3 aromatic rings. The maximum atomic E-state index is 12.1. The van der Waals surface area contributed by atoms with Gasteiger partial charge in [-0.1, -0.05) is 12.1 Å². The Balaban J connectivity index is 1.54. The smallest absolute Gasteiger partial charge is 0.324 e. The van der Waals surface area contributed by atoms with Crippen molar-refractivity contribution >= 4 is 17.6 Å². The zero-order valence-corrected chi connectivity index (χ0v) is 13.7. The number of hydrogen-bond donors (Lipinski definition) is 3. The summed E-state index contributed by atoms with van der Waals surface area (Å²) in [6.45, 7) is 1.93. The highest BCUT2D eigenvalue weighted by Gasteiger charge is 2.08. The number of rotatable bonds is 3. The van der Waals surface area contributed by atoms with Crippen molar-refractivity contribution in [3.05, 3.63) is 84.2 Å². The van der Waals surface area contributed by atoms with Gasteiger partial charge in [-0.2, -0.15) is 0 Å². The molecule has 1 heterocycles. The van der Waals surface area contributed by atoms with Crippen LogP contribution in [-0.4, -0.2) is 16.5 Å². The summed E-state index contributed by atoms with van der Waals surface area (Å²) in [7, 11) is 0. The quantitative estimate of drug-likeness (QED) is 0.643. The van der Waals surface area contributed by atoms with Gasteiger partial charge in [-0.15, -0.1) is 0 Å². The van der Waals surface area contributed by atoms with E-state index in [4.69, 9.17) is 0 Å². The molecule has 6 nitrogen and oxygen atoms in total. The minimum absolute atomic E-state index is 0.390. The van der Waals surface area contributed by atoms with Gasteiger partial charge in [0.1, 0.15) is 0 Å². The van der Waals surface area contributed by atoms with Gasteiger partial charge in [0.25, 0.3) is 5.91 Å². The van der Waals surface area contributed by atoms with Crippen LogP contribution < -0.4 is 16.2 Å². The van der Waals surface area contributed by atoms with Gasteiger partial charge in [-0.3, -0.25) is 10.2 Å². The highest BCUT2D eigenvalue weighted by molar-refractivity contribution is 5.97. The first-order chi connectivity index (χ1) is 12.1. The van der Waals surface area contributed by atoms with Gasteiger partial charge in [0.05, 0.1) is 0 Å². The van der Waals surface area contributed by atoms with Crippen molar-refractivity contribution in [3.63, 3.8) is 0 Å². The summed E-state index contributed by atoms with van der Waals surface area (Å²) in [6, 6.07) is 17.8. The number of amides is 3. The summed E-state index contributed by atoms with van der Waals surface area (Å²) in [4.78, 5) is 23.9. The third kappa shape index (κ3) is 4.26. The van der Waals surface area contributed by atoms with E-state index in [1.54, 1.807) is 18.2 Å². The number of aryl methyl sites for hydroxylation is 1. The molecule has 0 atom stereocenters. The van der Waals surface area contributed by atoms with Crippen LogP contribution in [0.1, 0.15) is 15.9 Å². The lowest BCUT2D eigenvalue weighted by Crippen LogP contribution is -2.43. The largest absolute Gasteiger partial charge is 0.337 e. The Kier molecular flexibility index (Phi) is 4.80. The average molecular weight is 334 g/mol. The normalized spacial score (nSPS) is 10.1. The first kappa shape index (κ1) is 16.3. The van der Waals surface area contributed by atoms with E-state index in [9.17, 15) is 9.59 Å². The predicted molar refractivity (Wildman–Crippen MR) is 96.6 cm³/mol. The van der Waals surface area contributed by atoms with Gasteiger partial charge in [-0.05, 0) is 61.0 Å². The van der Waals surface area contributed by atoms with Crippen LogP contribution in [0.2, 0.25) is 0 Å². The number of nitrogens with zero attached hydrogens (tertiary/aromatic N) is 1. The number of carbonyl (C=O) groups is 2. The molecule has 0 radical (unpaired) electrons. The van der Waals surface area contributed by atoms with Crippen LogP contribution in [0.5, 0.6) is 0 Å². The van der Waals surface area contributed by atoms with Crippen molar-refractivity contribution in [2.75, 3.05) is 5.32 Å². The minimum atomic E-state index is -0.511. The van der Waals surface area contributed by atoms with Gasteiger partial charge in [0.15, 0.2) is 0 Å². The molecule has 3 N–H and O–H groups in total. The van der Waals surface area contributed by atoms with E-state index in [0.717, 1.165) is 11.3 Å². The number of anilines is 1. The van der Waals surface area contributed by atoms with Crippen LogP contribution in [0.4, 0.5) is 10.5 Å². The second kappa shape index (κ2) is 7.35. The van der Waals surface area contributed by atoms with Crippen molar-refractivity contribution < 1.29 is 9.59 Å². The molecule has 25 heavy (non-hydrogen) atoms. The number of benzene rings is 2. The van der Waals surface area contributed by atoms with E-state index in [0.29, 0.717) is 11.3 Å². The standard InChI is InChI=1S/C19H18N4O2/c1-14-5-4-6-16(13-14)20-19(25)22-21-18(24)15-7-9-17(10-8-15)23-11-2-3-12-23/h2-13H,1H3,(H,21,24)(H2,20,22,25). The molecule has 0 saturated heterocycles. The Morgan fingerprint density at radius 2 is 1.60 bits per heavy atom. The molecule has 3 rings (SSSR count). The molecule has 1 aromatic heterocycles. The Bertz CT molecular complexity index is 871. The van der Waals surface area contributed by atoms with E-state index in [2.05, 4.69) is 16.2 Å². The van der Waals surface area contributed by atoms with E-state index < -0.39 is 11.9 Å². The van der Waals surface area contributed by atoms with Crippen molar-refractivity contribution in [1.82, 2.24) is 15.4 Å². The predicted octanol–water partition coefficient (Wildman–Crippen LogP) is 3.25. The van der Waals surface area contributed by atoms with Gasteiger partial charge >= 0.3 is 6.03 Å². The zero-order chi connectivity index (χ0) is 17.6. The maximum absolute atomic E-state index is 12.1. The number of aromatic nitrogens is 1. The first-order valence-electron chi connectivity index (χ1n) is 7.79. The van der Waals surface area contributed by atoms with Crippen molar-refractivity contribution in [3.8, 4) is 5.69 Å². The fraction of sp³-hybridized carbons (Fsp3) is 0.0526. The summed E-state index contributed by atoms with van der Waals surface area (Å²) in [6.07, 6.45) is 3.85. The van der Waals surface area contributed by atoms with E-state index in [1.165, 1.54) is 0 Å². The lowest BCUT2D eigenvalue weighted by Gasteiger charge is -2.10. The summed E-state index contributed by atoms with van der Waals surface area (Å²) >= 11 is 0. The topological polar surface area (TPSA) is 75.2 Å². The Labute approximate surface area is 145 Å². The third-order valence-electron chi connectivity index (χ3n) is 3.60. The molecule has 3 amide bonds. The molecule has 0 aliphatic carbocycles. The number of urea groups is 1. The number of nitrogens with one attached hydrogen (secondary N) is 3. The molecule has 0 unspecified atom stereocenters. The van der Waals surface area contributed by atoms with E-state index >= 15 is 0 Å². The molecular formula is C19H18N4O2. The van der Waals surface area contributed by atoms with Crippen LogP contribution >= 0.6 is 0 Å². The van der Waals surface area contributed by atoms with Crippen LogP contribution in [0.15, 0.2) is 73.1 Å². The van der Waals surface area contributed by atoms with Crippen LogP contribution in [0, 0.1) is 6.92 Å². The lowest BCUT2D eigenvalue weighted by atomic mass is 10.2. The molecule has 2 aromatic carbocycles. The number of carbonyl (C=O) groups excluding carboxylic acids is 2. The molecule has 0 spiro atoms. The van der Waals surface area contributed by atoms with Crippen molar-refractivity contribution in [1.29, 1.82) is 0 Å². The van der Waals surface area contributed by atoms with Gasteiger partial charge in [0.2, 0.25) is 0 Å². The summed E-state index contributed by atoms with van der Waals surface area (Å²) in [5, 5.41) is 2.65. The monoisotopic (exact) mass is 334 g/mol. The van der Waals surface area contributed by atoms with Crippen LogP contribution in [-0.2, 0) is 0 Å². The molecule has 0 aliphatic heterocycles. The third-order valence-corrected chi connectivity index (χ3v) is 3.60. The Morgan fingerprint density at radius 1 is 0.880 bits per heavy atom.